The highest BCUT2D eigenvalue weighted by atomic mass is 32.2. The maximum absolute atomic E-state index is 12.1. The first kappa shape index (κ1) is 14.9. The van der Waals surface area contributed by atoms with Gasteiger partial charge >= 0.3 is 0 Å². The quantitative estimate of drug-likeness (QED) is 0.737. The van der Waals surface area contributed by atoms with Gasteiger partial charge in [0.05, 0.1) is 5.75 Å². The molecule has 1 aliphatic heterocycles. The predicted molar refractivity (Wildman–Crippen MR) is 71.5 cm³/mol. The molecule has 0 saturated carbocycles. The Bertz CT molecular complexity index is 304. The van der Waals surface area contributed by atoms with Gasteiger partial charge in [-0.25, -0.2) is 12.7 Å². The van der Waals surface area contributed by atoms with Gasteiger partial charge in [-0.15, -0.1) is 0 Å². The van der Waals surface area contributed by atoms with E-state index in [2.05, 4.69) is 12.2 Å². The van der Waals surface area contributed by atoms with Gasteiger partial charge in [-0.2, -0.15) is 0 Å². The first-order chi connectivity index (χ1) is 8.06. The average Bonchev–Trinajstić information content (AvgIpc) is 2.50. The zero-order valence-electron chi connectivity index (χ0n) is 11.1. The van der Waals surface area contributed by atoms with Crippen LogP contribution in [0.5, 0.6) is 0 Å². The number of unbranched alkanes of at least 4 members (excludes halogenated alkanes) is 1. The summed E-state index contributed by atoms with van der Waals surface area (Å²) in [5.41, 5.74) is 0. The number of sulfonamides is 1. The monoisotopic (exact) mass is 262 g/mol. The van der Waals surface area contributed by atoms with E-state index in [0.29, 0.717) is 11.7 Å². The van der Waals surface area contributed by atoms with Gasteiger partial charge < -0.3 is 5.32 Å². The van der Waals surface area contributed by atoms with Crippen LogP contribution in [0.3, 0.4) is 0 Å². The number of nitrogens with one attached hydrogen (secondary N) is 1. The molecular formula is C12H26N2O2S. The molecule has 1 saturated heterocycles. The van der Waals surface area contributed by atoms with Crippen molar-refractivity contribution in [2.45, 2.75) is 39.0 Å². The molecule has 0 aromatic heterocycles. The van der Waals surface area contributed by atoms with E-state index >= 15 is 0 Å². The Kier molecular flexibility index (Phi) is 6.44. The van der Waals surface area contributed by atoms with Crippen molar-refractivity contribution in [3.05, 3.63) is 0 Å². The summed E-state index contributed by atoms with van der Waals surface area (Å²) in [7, 11) is -1.11. The molecule has 102 valence electrons. The number of hydrogen-bond donors (Lipinski definition) is 1. The van der Waals surface area contributed by atoms with E-state index in [4.69, 9.17) is 0 Å². The predicted octanol–water partition coefficient (Wildman–Crippen LogP) is 1.44. The van der Waals surface area contributed by atoms with Gasteiger partial charge in [0.2, 0.25) is 10.0 Å². The van der Waals surface area contributed by atoms with Crippen LogP contribution in [0.15, 0.2) is 0 Å². The minimum absolute atomic E-state index is 0.309. The topological polar surface area (TPSA) is 49.4 Å². The number of hydrogen-bond acceptors (Lipinski definition) is 3. The molecule has 1 rings (SSSR count). The third-order valence-corrected chi connectivity index (χ3v) is 5.40. The fraction of sp³-hybridized carbons (Fsp3) is 1.00. The number of rotatable bonds is 6. The first-order valence-electron chi connectivity index (χ1n) is 6.68. The molecule has 1 fully saturated rings. The summed E-state index contributed by atoms with van der Waals surface area (Å²) < 4.78 is 25.9. The minimum Gasteiger partial charge on any atom is -0.320 e. The molecule has 4 nitrogen and oxygen atoms in total. The van der Waals surface area contributed by atoms with Gasteiger partial charge in [0.15, 0.2) is 0 Å². The highest BCUT2D eigenvalue weighted by molar-refractivity contribution is 7.89. The smallest absolute Gasteiger partial charge is 0.214 e. The van der Waals surface area contributed by atoms with Crippen molar-refractivity contribution in [3.8, 4) is 0 Å². The molecular weight excluding hydrogens is 236 g/mol. The average molecular weight is 262 g/mol. The van der Waals surface area contributed by atoms with Crippen LogP contribution >= 0.6 is 0 Å². The molecule has 0 spiro atoms. The zero-order valence-corrected chi connectivity index (χ0v) is 11.9. The van der Waals surface area contributed by atoms with Crippen molar-refractivity contribution in [2.75, 3.05) is 32.4 Å². The first-order valence-corrected chi connectivity index (χ1v) is 8.29. The molecule has 1 heterocycles. The fourth-order valence-electron chi connectivity index (χ4n) is 2.23. The Labute approximate surface area is 106 Å². The molecule has 17 heavy (non-hydrogen) atoms. The largest absolute Gasteiger partial charge is 0.320 e. The maximum atomic E-state index is 12.1. The Hall–Kier alpha value is -0.130. The van der Waals surface area contributed by atoms with Gasteiger partial charge in [0.1, 0.15) is 0 Å². The maximum Gasteiger partial charge on any atom is 0.214 e. The lowest BCUT2D eigenvalue weighted by Crippen LogP contribution is -2.34. The van der Waals surface area contributed by atoms with Crippen molar-refractivity contribution in [2.24, 2.45) is 5.92 Å². The molecule has 0 aliphatic carbocycles. The van der Waals surface area contributed by atoms with E-state index in [1.165, 1.54) is 0 Å². The Morgan fingerprint density at radius 3 is 2.71 bits per heavy atom. The highest BCUT2D eigenvalue weighted by Gasteiger charge is 2.23. The molecule has 5 heteroatoms. The van der Waals surface area contributed by atoms with Gasteiger partial charge in [-0.05, 0) is 51.6 Å². The normalized spacial score (nSPS) is 23.5. The SMILES string of the molecule is CNCCCCS(=O)(=O)N1CCCC(C)CC1. The lowest BCUT2D eigenvalue weighted by molar-refractivity contribution is 0.415. The third-order valence-electron chi connectivity index (χ3n) is 3.45. The van der Waals surface area contributed by atoms with Crippen LogP contribution in [-0.2, 0) is 10.0 Å². The molecule has 0 aromatic rings. The standard InChI is InChI=1S/C12H26N2O2S/c1-12-6-5-9-14(10-7-12)17(15,16)11-4-3-8-13-2/h12-13H,3-11H2,1-2H3. The summed E-state index contributed by atoms with van der Waals surface area (Å²) in [5, 5.41) is 3.04. The second kappa shape index (κ2) is 7.34. The van der Waals surface area contributed by atoms with E-state index in [9.17, 15) is 8.42 Å². The highest BCUT2D eigenvalue weighted by Crippen LogP contribution is 2.19. The summed E-state index contributed by atoms with van der Waals surface area (Å²) in [6, 6.07) is 0. The van der Waals surface area contributed by atoms with Crippen LogP contribution in [0.1, 0.15) is 39.0 Å². The molecule has 1 aliphatic rings. The Morgan fingerprint density at radius 2 is 2.00 bits per heavy atom. The van der Waals surface area contributed by atoms with Crippen LogP contribution in [0.2, 0.25) is 0 Å². The van der Waals surface area contributed by atoms with Crippen LogP contribution in [0.4, 0.5) is 0 Å². The van der Waals surface area contributed by atoms with E-state index in [-0.39, 0.29) is 0 Å². The van der Waals surface area contributed by atoms with Gasteiger partial charge in [0, 0.05) is 13.1 Å². The number of nitrogens with zero attached hydrogens (tertiary/aromatic N) is 1. The molecule has 0 amide bonds. The van der Waals surface area contributed by atoms with E-state index in [1.807, 2.05) is 7.05 Å². The molecule has 0 aromatic carbocycles. The fourth-order valence-corrected chi connectivity index (χ4v) is 3.85. The van der Waals surface area contributed by atoms with Crippen molar-refractivity contribution >= 4 is 10.0 Å². The van der Waals surface area contributed by atoms with E-state index in [1.54, 1.807) is 4.31 Å². The zero-order chi connectivity index (χ0) is 12.7. The lowest BCUT2D eigenvalue weighted by atomic mass is 10.0. The molecule has 1 atom stereocenters. The van der Waals surface area contributed by atoms with Gasteiger partial charge in [0.25, 0.3) is 0 Å². The van der Waals surface area contributed by atoms with Gasteiger partial charge in [-0.1, -0.05) is 6.92 Å². The van der Waals surface area contributed by atoms with E-state index < -0.39 is 10.0 Å². The minimum atomic E-state index is -3.01. The van der Waals surface area contributed by atoms with E-state index in [0.717, 1.165) is 51.7 Å². The Morgan fingerprint density at radius 1 is 1.24 bits per heavy atom. The van der Waals surface area contributed by atoms with Crippen molar-refractivity contribution in [3.63, 3.8) is 0 Å². The molecule has 1 N–H and O–H groups in total. The van der Waals surface area contributed by atoms with Crippen LogP contribution in [0.25, 0.3) is 0 Å². The summed E-state index contributed by atoms with van der Waals surface area (Å²) >= 11 is 0. The van der Waals surface area contributed by atoms with Gasteiger partial charge in [-0.3, -0.25) is 0 Å². The van der Waals surface area contributed by atoms with Crippen molar-refractivity contribution in [1.29, 1.82) is 0 Å². The molecule has 1 unspecified atom stereocenters. The second-order valence-electron chi connectivity index (χ2n) is 5.06. The lowest BCUT2D eigenvalue weighted by Gasteiger charge is -2.19. The summed E-state index contributed by atoms with van der Waals surface area (Å²) in [6.07, 6.45) is 4.87. The summed E-state index contributed by atoms with van der Waals surface area (Å²) in [5.74, 6) is 0.975. The molecule has 0 bridgehead atoms. The second-order valence-corrected chi connectivity index (χ2v) is 7.15. The summed E-state index contributed by atoms with van der Waals surface area (Å²) in [6.45, 7) is 4.55. The van der Waals surface area contributed by atoms with Crippen LogP contribution in [-0.4, -0.2) is 45.2 Å². The van der Waals surface area contributed by atoms with Crippen LogP contribution in [0, 0.1) is 5.92 Å². The van der Waals surface area contributed by atoms with Crippen molar-refractivity contribution in [1.82, 2.24) is 9.62 Å². The van der Waals surface area contributed by atoms with Crippen molar-refractivity contribution < 1.29 is 8.42 Å². The molecule has 0 radical (unpaired) electrons. The summed E-state index contributed by atoms with van der Waals surface area (Å²) in [4.78, 5) is 0. The van der Waals surface area contributed by atoms with Crippen LogP contribution < -0.4 is 5.32 Å². The third kappa shape index (κ3) is 5.36. The Balaban J connectivity index is 2.40.